The van der Waals surface area contributed by atoms with Crippen molar-refractivity contribution in [1.29, 1.82) is 0 Å². The van der Waals surface area contributed by atoms with Gasteiger partial charge in [0.25, 0.3) is 0 Å². The van der Waals surface area contributed by atoms with Crippen LogP contribution in [-0.4, -0.2) is 30.0 Å². The Bertz CT molecular complexity index is 277. The molecule has 0 aromatic carbocycles. The molecule has 1 aliphatic carbocycles. The van der Waals surface area contributed by atoms with E-state index in [4.69, 9.17) is 0 Å². The second-order valence-corrected chi connectivity index (χ2v) is 6.77. The third-order valence-corrected chi connectivity index (χ3v) is 6.04. The van der Waals surface area contributed by atoms with E-state index in [1.165, 1.54) is 12.8 Å². The predicted octanol–water partition coefficient (Wildman–Crippen LogP) is 1.15. The van der Waals surface area contributed by atoms with Crippen LogP contribution >= 0.6 is 15.9 Å². The van der Waals surface area contributed by atoms with Crippen molar-refractivity contribution in [3.63, 3.8) is 0 Å². The van der Waals surface area contributed by atoms with Crippen molar-refractivity contribution in [2.75, 3.05) is 11.2 Å². The summed E-state index contributed by atoms with van der Waals surface area (Å²) in [7, 11) is -2.97. The smallest absolute Gasteiger partial charge is 0.211 e. The molecule has 2 aliphatic rings. The molecule has 1 saturated carbocycles. The van der Waals surface area contributed by atoms with Crippen molar-refractivity contribution in [2.45, 2.75) is 25.3 Å². The van der Waals surface area contributed by atoms with Gasteiger partial charge in [0.2, 0.25) is 10.0 Å². The number of alkyl halides is 1. The quantitative estimate of drug-likeness (QED) is 0.693. The van der Waals surface area contributed by atoms with Gasteiger partial charge in [0.15, 0.2) is 0 Å². The van der Waals surface area contributed by atoms with Gasteiger partial charge in [-0.2, -0.15) is 4.31 Å². The minimum atomic E-state index is -2.97. The highest BCUT2D eigenvalue weighted by Crippen LogP contribution is 2.40. The molecule has 1 aliphatic heterocycles. The molecule has 0 bridgehead atoms. The maximum atomic E-state index is 11.4. The predicted molar refractivity (Wildman–Crippen MR) is 50.5 cm³/mol. The molecule has 12 heavy (non-hydrogen) atoms. The number of hydrogen-bond donors (Lipinski definition) is 0. The summed E-state index contributed by atoms with van der Waals surface area (Å²) in [6.45, 7) is 0.763. The standard InChI is InChI=1S/C7H12BrNO2S/c8-5-12(10,11)9-4-6-2-1-3-7(6)9/h6-7H,1-5H2. The van der Waals surface area contributed by atoms with Crippen molar-refractivity contribution < 1.29 is 8.42 Å². The SMILES string of the molecule is O=S(=O)(CBr)N1CC2CCCC21. The molecular formula is C7H12BrNO2S. The zero-order chi connectivity index (χ0) is 8.77. The first kappa shape index (κ1) is 8.97. The Labute approximate surface area is 81.3 Å². The van der Waals surface area contributed by atoms with Crippen LogP contribution < -0.4 is 0 Å². The van der Waals surface area contributed by atoms with E-state index in [1.54, 1.807) is 4.31 Å². The van der Waals surface area contributed by atoms with Crippen LogP contribution in [0.1, 0.15) is 19.3 Å². The highest BCUT2D eigenvalue weighted by atomic mass is 79.9. The van der Waals surface area contributed by atoms with Gasteiger partial charge in [0, 0.05) is 12.6 Å². The molecule has 70 valence electrons. The van der Waals surface area contributed by atoms with Crippen LogP contribution in [0.3, 0.4) is 0 Å². The molecule has 0 spiro atoms. The number of hydrogen-bond acceptors (Lipinski definition) is 2. The lowest BCUT2D eigenvalue weighted by molar-refractivity contribution is 0.132. The van der Waals surface area contributed by atoms with E-state index < -0.39 is 10.0 Å². The Balaban J connectivity index is 2.09. The van der Waals surface area contributed by atoms with E-state index in [0.717, 1.165) is 13.0 Å². The van der Waals surface area contributed by atoms with Gasteiger partial charge in [-0.05, 0) is 18.8 Å². The molecule has 0 radical (unpaired) electrons. The lowest BCUT2D eigenvalue weighted by Gasteiger charge is -2.42. The van der Waals surface area contributed by atoms with Gasteiger partial charge in [0.05, 0.1) is 0 Å². The van der Waals surface area contributed by atoms with E-state index in [-0.39, 0.29) is 4.66 Å². The zero-order valence-corrected chi connectivity index (χ0v) is 9.14. The van der Waals surface area contributed by atoms with Crippen LogP contribution in [0.4, 0.5) is 0 Å². The second kappa shape index (κ2) is 2.96. The Kier molecular flexibility index (Phi) is 2.21. The summed E-state index contributed by atoms with van der Waals surface area (Å²) in [4.78, 5) is 0. The van der Waals surface area contributed by atoms with Gasteiger partial charge in [-0.1, -0.05) is 22.4 Å². The van der Waals surface area contributed by atoms with E-state index in [9.17, 15) is 8.42 Å². The molecular weight excluding hydrogens is 242 g/mol. The van der Waals surface area contributed by atoms with Crippen molar-refractivity contribution in [3.05, 3.63) is 0 Å². The molecule has 0 N–H and O–H groups in total. The topological polar surface area (TPSA) is 37.4 Å². The third kappa shape index (κ3) is 1.22. The fourth-order valence-corrected chi connectivity index (χ4v) is 4.24. The number of rotatable bonds is 2. The van der Waals surface area contributed by atoms with Crippen LogP contribution in [0.5, 0.6) is 0 Å². The highest BCUT2D eigenvalue weighted by molar-refractivity contribution is 9.10. The van der Waals surface area contributed by atoms with Crippen LogP contribution in [0, 0.1) is 5.92 Å². The highest BCUT2D eigenvalue weighted by Gasteiger charge is 2.47. The molecule has 5 heteroatoms. The normalized spacial score (nSPS) is 36.1. The van der Waals surface area contributed by atoms with Crippen LogP contribution in [-0.2, 0) is 10.0 Å². The molecule has 3 nitrogen and oxygen atoms in total. The van der Waals surface area contributed by atoms with Crippen molar-refractivity contribution >= 4 is 26.0 Å². The van der Waals surface area contributed by atoms with Crippen molar-refractivity contribution in [3.8, 4) is 0 Å². The molecule has 2 rings (SSSR count). The first-order valence-corrected chi connectivity index (χ1v) is 6.93. The lowest BCUT2D eigenvalue weighted by atomic mass is 9.96. The average molecular weight is 254 g/mol. The van der Waals surface area contributed by atoms with Crippen molar-refractivity contribution in [2.24, 2.45) is 5.92 Å². The fourth-order valence-electron chi connectivity index (χ4n) is 2.22. The Morgan fingerprint density at radius 2 is 2.17 bits per heavy atom. The summed E-state index contributed by atoms with van der Waals surface area (Å²) in [5.74, 6) is 0.666. The molecule has 2 unspecified atom stereocenters. The minimum Gasteiger partial charge on any atom is -0.211 e. The van der Waals surface area contributed by atoms with Gasteiger partial charge in [-0.15, -0.1) is 0 Å². The van der Waals surface area contributed by atoms with Gasteiger partial charge in [-0.25, -0.2) is 8.42 Å². The number of nitrogens with zero attached hydrogens (tertiary/aromatic N) is 1. The first-order valence-electron chi connectivity index (χ1n) is 4.20. The summed E-state index contributed by atoms with van der Waals surface area (Å²) in [5, 5.41) is 0. The summed E-state index contributed by atoms with van der Waals surface area (Å²) in [6.07, 6.45) is 3.49. The average Bonchev–Trinajstić information content (AvgIpc) is 2.32. The number of fused-ring (bicyclic) bond motifs is 1. The molecule has 0 amide bonds. The third-order valence-electron chi connectivity index (χ3n) is 2.90. The fraction of sp³-hybridized carbons (Fsp3) is 1.00. The second-order valence-electron chi connectivity index (χ2n) is 3.55. The first-order chi connectivity index (χ1) is 5.65. The Hall–Kier alpha value is 0.390. The van der Waals surface area contributed by atoms with Crippen LogP contribution in [0.25, 0.3) is 0 Å². The van der Waals surface area contributed by atoms with Crippen LogP contribution in [0.15, 0.2) is 0 Å². The summed E-state index contributed by atoms with van der Waals surface area (Å²) in [5.41, 5.74) is 0. The Morgan fingerprint density at radius 3 is 2.75 bits per heavy atom. The van der Waals surface area contributed by atoms with Gasteiger partial charge in [0.1, 0.15) is 4.66 Å². The molecule has 2 atom stereocenters. The van der Waals surface area contributed by atoms with E-state index >= 15 is 0 Å². The number of sulfonamides is 1. The zero-order valence-electron chi connectivity index (χ0n) is 6.74. The largest absolute Gasteiger partial charge is 0.224 e. The summed E-state index contributed by atoms with van der Waals surface area (Å²) in [6, 6.07) is 0.340. The lowest BCUT2D eigenvalue weighted by Crippen LogP contribution is -2.55. The minimum absolute atomic E-state index is 0.0726. The summed E-state index contributed by atoms with van der Waals surface area (Å²) < 4.78 is 24.5. The van der Waals surface area contributed by atoms with E-state index in [0.29, 0.717) is 12.0 Å². The maximum absolute atomic E-state index is 11.4. The number of halogens is 1. The maximum Gasteiger partial charge on any atom is 0.224 e. The molecule has 2 fully saturated rings. The van der Waals surface area contributed by atoms with E-state index in [2.05, 4.69) is 15.9 Å². The van der Waals surface area contributed by atoms with Crippen molar-refractivity contribution in [1.82, 2.24) is 4.31 Å². The molecule has 1 heterocycles. The Morgan fingerprint density at radius 1 is 1.42 bits per heavy atom. The van der Waals surface area contributed by atoms with Gasteiger partial charge < -0.3 is 0 Å². The summed E-state index contributed by atoms with van der Waals surface area (Å²) >= 11 is 3.01. The molecule has 0 aromatic heterocycles. The van der Waals surface area contributed by atoms with E-state index in [1.807, 2.05) is 0 Å². The van der Waals surface area contributed by atoms with Gasteiger partial charge in [-0.3, -0.25) is 0 Å². The monoisotopic (exact) mass is 253 g/mol. The van der Waals surface area contributed by atoms with Crippen LogP contribution in [0.2, 0.25) is 0 Å². The van der Waals surface area contributed by atoms with Gasteiger partial charge >= 0.3 is 0 Å². The molecule has 0 aromatic rings. The molecule has 1 saturated heterocycles.